The van der Waals surface area contributed by atoms with Crippen molar-refractivity contribution in [3.63, 3.8) is 0 Å². The van der Waals surface area contributed by atoms with E-state index in [0.29, 0.717) is 12.5 Å². The SMILES string of the molecule is COc1cc(OC)c2c(C(C)CN)c(C)[nH]c2c1. The van der Waals surface area contributed by atoms with Gasteiger partial charge >= 0.3 is 0 Å². The molecule has 1 atom stereocenters. The molecule has 0 saturated heterocycles. The number of hydrogen-bond acceptors (Lipinski definition) is 3. The van der Waals surface area contributed by atoms with Crippen LogP contribution in [0.2, 0.25) is 0 Å². The van der Waals surface area contributed by atoms with E-state index in [1.54, 1.807) is 14.2 Å². The molecule has 1 aromatic carbocycles. The van der Waals surface area contributed by atoms with Gasteiger partial charge in [0.1, 0.15) is 11.5 Å². The number of nitrogens with one attached hydrogen (secondary N) is 1. The number of hydrogen-bond donors (Lipinski definition) is 2. The van der Waals surface area contributed by atoms with E-state index in [1.165, 1.54) is 5.56 Å². The molecule has 0 amide bonds. The number of aryl methyl sites for hydroxylation is 1. The van der Waals surface area contributed by atoms with Crippen molar-refractivity contribution in [3.05, 3.63) is 23.4 Å². The number of benzene rings is 1. The Labute approximate surface area is 107 Å². The third-order valence-corrected chi connectivity index (χ3v) is 3.37. The van der Waals surface area contributed by atoms with Crippen molar-refractivity contribution in [1.82, 2.24) is 4.98 Å². The van der Waals surface area contributed by atoms with E-state index >= 15 is 0 Å². The third kappa shape index (κ3) is 1.93. The van der Waals surface area contributed by atoms with Crippen LogP contribution >= 0.6 is 0 Å². The Kier molecular flexibility index (Phi) is 3.48. The Morgan fingerprint density at radius 1 is 1.28 bits per heavy atom. The lowest BCUT2D eigenvalue weighted by Gasteiger charge is -2.12. The first-order valence-corrected chi connectivity index (χ1v) is 6.06. The molecule has 18 heavy (non-hydrogen) atoms. The minimum atomic E-state index is 0.293. The zero-order valence-electron chi connectivity index (χ0n) is 11.3. The van der Waals surface area contributed by atoms with Crippen LogP contribution in [0, 0.1) is 6.92 Å². The molecular weight excluding hydrogens is 228 g/mol. The summed E-state index contributed by atoms with van der Waals surface area (Å²) in [4.78, 5) is 3.38. The van der Waals surface area contributed by atoms with Gasteiger partial charge in [0, 0.05) is 23.2 Å². The van der Waals surface area contributed by atoms with E-state index in [1.807, 2.05) is 12.1 Å². The second-order valence-corrected chi connectivity index (χ2v) is 4.55. The molecule has 1 heterocycles. The van der Waals surface area contributed by atoms with E-state index < -0.39 is 0 Å². The summed E-state index contributed by atoms with van der Waals surface area (Å²) in [5, 5.41) is 1.11. The molecule has 4 heteroatoms. The summed E-state index contributed by atoms with van der Waals surface area (Å²) in [5.41, 5.74) is 9.18. The number of H-pyrrole nitrogens is 1. The average Bonchev–Trinajstić information content (AvgIpc) is 2.72. The van der Waals surface area contributed by atoms with Crippen LogP contribution in [0.3, 0.4) is 0 Å². The summed E-state index contributed by atoms with van der Waals surface area (Å²) in [5.74, 6) is 1.90. The van der Waals surface area contributed by atoms with Crippen LogP contribution in [0.5, 0.6) is 11.5 Å². The highest BCUT2D eigenvalue weighted by molar-refractivity contribution is 5.92. The van der Waals surface area contributed by atoms with Gasteiger partial charge in [-0.15, -0.1) is 0 Å². The Hall–Kier alpha value is -1.68. The molecule has 0 spiro atoms. The normalized spacial score (nSPS) is 12.7. The van der Waals surface area contributed by atoms with Crippen LogP contribution in [0.15, 0.2) is 12.1 Å². The van der Waals surface area contributed by atoms with Gasteiger partial charge < -0.3 is 20.2 Å². The Balaban J connectivity index is 2.76. The van der Waals surface area contributed by atoms with Gasteiger partial charge in [0.2, 0.25) is 0 Å². The molecule has 0 aliphatic heterocycles. The fourth-order valence-electron chi connectivity index (χ4n) is 2.44. The quantitative estimate of drug-likeness (QED) is 0.874. The maximum atomic E-state index is 5.79. The molecule has 1 aromatic heterocycles. The van der Waals surface area contributed by atoms with E-state index in [-0.39, 0.29) is 0 Å². The van der Waals surface area contributed by atoms with Crippen molar-refractivity contribution >= 4 is 10.9 Å². The van der Waals surface area contributed by atoms with Gasteiger partial charge in [0.05, 0.1) is 19.7 Å². The third-order valence-electron chi connectivity index (χ3n) is 3.37. The van der Waals surface area contributed by atoms with Gasteiger partial charge in [0.15, 0.2) is 0 Å². The molecule has 0 fully saturated rings. The monoisotopic (exact) mass is 248 g/mol. The van der Waals surface area contributed by atoms with Crippen LogP contribution < -0.4 is 15.2 Å². The van der Waals surface area contributed by atoms with E-state index in [0.717, 1.165) is 28.1 Å². The van der Waals surface area contributed by atoms with Crippen LogP contribution in [0.4, 0.5) is 0 Å². The van der Waals surface area contributed by atoms with Crippen LogP contribution in [0.1, 0.15) is 24.1 Å². The lowest BCUT2D eigenvalue weighted by Crippen LogP contribution is -2.09. The highest BCUT2D eigenvalue weighted by Gasteiger charge is 2.18. The number of aromatic nitrogens is 1. The maximum Gasteiger partial charge on any atom is 0.132 e. The van der Waals surface area contributed by atoms with Crippen molar-refractivity contribution < 1.29 is 9.47 Å². The van der Waals surface area contributed by atoms with Gasteiger partial charge in [-0.25, -0.2) is 0 Å². The Bertz CT molecular complexity index is 560. The van der Waals surface area contributed by atoms with Crippen molar-refractivity contribution in [2.45, 2.75) is 19.8 Å². The summed E-state index contributed by atoms with van der Waals surface area (Å²) in [6, 6.07) is 3.89. The largest absolute Gasteiger partial charge is 0.497 e. The van der Waals surface area contributed by atoms with Gasteiger partial charge in [-0.1, -0.05) is 6.92 Å². The fourth-order valence-corrected chi connectivity index (χ4v) is 2.44. The molecule has 0 radical (unpaired) electrons. The van der Waals surface area contributed by atoms with E-state index in [4.69, 9.17) is 15.2 Å². The number of methoxy groups -OCH3 is 2. The average molecular weight is 248 g/mol. The molecule has 0 aliphatic rings. The molecule has 4 nitrogen and oxygen atoms in total. The van der Waals surface area contributed by atoms with Gasteiger partial charge in [-0.2, -0.15) is 0 Å². The smallest absolute Gasteiger partial charge is 0.132 e. The van der Waals surface area contributed by atoms with Crippen LogP contribution in [0.25, 0.3) is 10.9 Å². The fraction of sp³-hybridized carbons (Fsp3) is 0.429. The van der Waals surface area contributed by atoms with Gasteiger partial charge in [-0.3, -0.25) is 0 Å². The highest BCUT2D eigenvalue weighted by Crippen LogP contribution is 2.38. The Morgan fingerprint density at radius 2 is 2.00 bits per heavy atom. The van der Waals surface area contributed by atoms with Crippen LogP contribution in [-0.4, -0.2) is 25.7 Å². The first-order chi connectivity index (χ1) is 8.62. The molecule has 1 unspecified atom stereocenters. The van der Waals surface area contributed by atoms with Crippen molar-refractivity contribution in [1.29, 1.82) is 0 Å². The predicted octanol–water partition coefficient (Wildman–Crippen LogP) is 2.56. The lowest BCUT2D eigenvalue weighted by molar-refractivity contribution is 0.397. The zero-order valence-corrected chi connectivity index (χ0v) is 11.3. The molecule has 0 saturated carbocycles. The molecular formula is C14H20N2O2. The molecule has 3 N–H and O–H groups in total. The van der Waals surface area contributed by atoms with Gasteiger partial charge in [-0.05, 0) is 24.9 Å². The first kappa shape index (κ1) is 12.8. The number of rotatable bonds is 4. The van der Waals surface area contributed by atoms with Crippen molar-refractivity contribution in [2.75, 3.05) is 20.8 Å². The second kappa shape index (κ2) is 4.90. The summed E-state index contributed by atoms with van der Waals surface area (Å²) in [7, 11) is 3.33. The zero-order chi connectivity index (χ0) is 13.3. The topological polar surface area (TPSA) is 60.3 Å². The van der Waals surface area contributed by atoms with Crippen molar-refractivity contribution in [3.8, 4) is 11.5 Å². The molecule has 2 rings (SSSR count). The highest BCUT2D eigenvalue weighted by atomic mass is 16.5. The number of ether oxygens (including phenoxy) is 2. The molecule has 98 valence electrons. The molecule has 2 aromatic rings. The second-order valence-electron chi connectivity index (χ2n) is 4.55. The number of aromatic amines is 1. The predicted molar refractivity (Wildman–Crippen MR) is 73.6 cm³/mol. The van der Waals surface area contributed by atoms with E-state index in [9.17, 15) is 0 Å². The summed E-state index contributed by atoms with van der Waals surface area (Å²) < 4.78 is 10.8. The minimum absolute atomic E-state index is 0.293. The summed E-state index contributed by atoms with van der Waals surface area (Å²) in [6.07, 6.45) is 0. The van der Waals surface area contributed by atoms with Crippen LogP contribution in [-0.2, 0) is 0 Å². The maximum absolute atomic E-state index is 5.79. The van der Waals surface area contributed by atoms with Gasteiger partial charge in [0.25, 0.3) is 0 Å². The first-order valence-electron chi connectivity index (χ1n) is 6.06. The summed E-state index contributed by atoms with van der Waals surface area (Å²) >= 11 is 0. The molecule has 0 aliphatic carbocycles. The molecule has 0 bridgehead atoms. The van der Waals surface area contributed by atoms with E-state index in [2.05, 4.69) is 18.8 Å². The Morgan fingerprint density at radius 3 is 2.56 bits per heavy atom. The lowest BCUT2D eigenvalue weighted by atomic mass is 9.97. The number of fused-ring (bicyclic) bond motifs is 1. The standard InChI is InChI=1S/C14H20N2O2/c1-8(7-15)13-9(2)16-11-5-10(17-3)6-12(18-4)14(11)13/h5-6,8,16H,7,15H2,1-4H3. The van der Waals surface area contributed by atoms with Crippen molar-refractivity contribution in [2.24, 2.45) is 5.73 Å². The minimum Gasteiger partial charge on any atom is -0.497 e. The number of nitrogens with two attached hydrogens (primary N) is 1. The summed E-state index contributed by atoms with van der Waals surface area (Å²) in [6.45, 7) is 4.80.